The Balaban J connectivity index is 2.28. The van der Waals surface area contributed by atoms with E-state index in [1.165, 1.54) is 7.11 Å². The van der Waals surface area contributed by atoms with Crippen molar-refractivity contribution in [2.75, 3.05) is 26.1 Å². The zero-order valence-corrected chi connectivity index (χ0v) is 12.2. The number of nitrogens with two attached hydrogens (primary N) is 1. The average Bonchev–Trinajstić information content (AvgIpc) is 2.42. The minimum absolute atomic E-state index is 0.401. The van der Waals surface area contributed by atoms with Crippen LogP contribution in [-0.2, 0) is 9.47 Å². The molecule has 19 heavy (non-hydrogen) atoms. The molecule has 2 rings (SSSR count). The van der Waals surface area contributed by atoms with Gasteiger partial charge in [0.2, 0.25) is 0 Å². The Morgan fingerprint density at radius 3 is 2.79 bits per heavy atom. The Hall–Kier alpha value is -0.910. The number of nitrogen functional groups attached to an aromatic ring is 1. The smallest absolute Gasteiger partial charge is 0.339 e. The molecular weight excluding hydrogens is 286 g/mol. The van der Waals surface area contributed by atoms with Crippen molar-refractivity contribution in [3.63, 3.8) is 0 Å². The van der Waals surface area contributed by atoms with E-state index in [4.69, 9.17) is 26.8 Å². The molecule has 1 saturated heterocycles. The van der Waals surface area contributed by atoms with Gasteiger partial charge in [0, 0.05) is 29.0 Å². The maximum absolute atomic E-state index is 11.8. The van der Waals surface area contributed by atoms with Crippen LogP contribution in [0, 0.1) is 0 Å². The van der Waals surface area contributed by atoms with Gasteiger partial charge in [-0.05, 0) is 25.0 Å². The van der Waals surface area contributed by atoms with Crippen LogP contribution in [0.1, 0.15) is 23.2 Å². The number of esters is 1. The molecule has 6 heteroatoms. The van der Waals surface area contributed by atoms with Crippen molar-refractivity contribution in [3.8, 4) is 0 Å². The van der Waals surface area contributed by atoms with Gasteiger partial charge >= 0.3 is 5.97 Å². The highest BCUT2D eigenvalue weighted by atomic mass is 35.5. The van der Waals surface area contributed by atoms with Crippen LogP contribution in [0.2, 0.25) is 5.02 Å². The third-order valence-electron chi connectivity index (χ3n) is 2.92. The Morgan fingerprint density at radius 2 is 2.16 bits per heavy atom. The van der Waals surface area contributed by atoms with Gasteiger partial charge < -0.3 is 15.2 Å². The van der Waals surface area contributed by atoms with Crippen LogP contribution >= 0.6 is 23.4 Å². The topological polar surface area (TPSA) is 61.5 Å². The van der Waals surface area contributed by atoms with Gasteiger partial charge in [-0.25, -0.2) is 4.79 Å². The SMILES string of the molecule is COC(=O)c1cc(N)cc(Cl)c1SC1CCOCC1. The Labute approximate surface area is 121 Å². The first kappa shape index (κ1) is 14.5. The number of methoxy groups -OCH3 is 1. The molecule has 1 aliphatic heterocycles. The molecule has 0 bridgehead atoms. The molecule has 1 aromatic carbocycles. The molecule has 0 unspecified atom stereocenters. The molecule has 0 radical (unpaired) electrons. The van der Waals surface area contributed by atoms with E-state index in [-0.39, 0.29) is 0 Å². The van der Waals surface area contributed by atoms with Gasteiger partial charge in [-0.2, -0.15) is 0 Å². The quantitative estimate of drug-likeness (QED) is 0.687. The van der Waals surface area contributed by atoms with Crippen molar-refractivity contribution >= 4 is 35.0 Å². The summed E-state index contributed by atoms with van der Waals surface area (Å²) in [6.45, 7) is 1.50. The van der Waals surface area contributed by atoms with Gasteiger partial charge in [0.15, 0.2) is 0 Å². The second-order valence-electron chi connectivity index (χ2n) is 4.30. The summed E-state index contributed by atoms with van der Waals surface area (Å²) in [5.74, 6) is -0.413. The van der Waals surface area contributed by atoms with Gasteiger partial charge in [0.05, 0.1) is 17.7 Å². The fourth-order valence-corrected chi connectivity index (χ4v) is 3.52. The first-order valence-electron chi connectivity index (χ1n) is 6.03. The van der Waals surface area contributed by atoms with Gasteiger partial charge in [0.1, 0.15) is 0 Å². The molecular formula is C13H16ClNO3S. The van der Waals surface area contributed by atoms with E-state index in [2.05, 4.69) is 0 Å². The number of carbonyl (C=O) groups is 1. The maximum Gasteiger partial charge on any atom is 0.339 e. The summed E-state index contributed by atoms with van der Waals surface area (Å²) in [5, 5.41) is 0.898. The van der Waals surface area contributed by atoms with E-state index >= 15 is 0 Å². The molecule has 1 heterocycles. The number of halogens is 1. The predicted octanol–water partition coefficient (Wildman–Crippen LogP) is 2.98. The average molecular weight is 302 g/mol. The number of carbonyl (C=O) groups excluding carboxylic acids is 1. The van der Waals surface area contributed by atoms with E-state index < -0.39 is 5.97 Å². The van der Waals surface area contributed by atoms with Crippen molar-refractivity contribution in [2.45, 2.75) is 23.0 Å². The molecule has 2 N–H and O–H groups in total. The van der Waals surface area contributed by atoms with Crippen molar-refractivity contribution in [1.29, 1.82) is 0 Å². The number of benzene rings is 1. The van der Waals surface area contributed by atoms with Crippen LogP contribution < -0.4 is 5.73 Å². The predicted molar refractivity (Wildman–Crippen MR) is 76.9 cm³/mol. The number of rotatable bonds is 3. The lowest BCUT2D eigenvalue weighted by molar-refractivity contribution is 0.0597. The van der Waals surface area contributed by atoms with E-state index in [1.807, 2.05) is 0 Å². The second-order valence-corrected chi connectivity index (χ2v) is 6.02. The molecule has 1 aromatic rings. The van der Waals surface area contributed by atoms with E-state index in [0.29, 0.717) is 21.5 Å². The minimum Gasteiger partial charge on any atom is -0.465 e. The van der Waals surface area contributed by atoms with Crippen LogP contribution in [-0.4, -0.2) is 31.5 Å². The fourth-order valence-electron chi connectivity index (χ4n) is 1.96. The van der Waals surface area contributed by atoms with E-state index in [1.54, 1.807) is 23.9 Å². The van der Waals surface area contributed by atoms with Crippen LogP contribution in [0.3, 0.4) is 0 Å². The minimum atomic E-state index is -0.413. The molecule has 1 fully saturated rings. The Bertz CT molecular complexity index is 475. The van der Waals surface area contributed by atoms with E-state index in [0.717, 1.165) is 31.0 Å². The summed E-state index contributed by atoms with van der Waals surface area (Å²) >= 11 is 7.82. The standard InChI is InChI=1S/C13H16ClNO3S/c1-17-13(16)10-6-8(15)7-11(14)12(10)19-9-2-4-18-5-3-9/h6-7,9H,2-5,15H2,1H3. The van der Waals surface area contributed by atoms with Crippen molar-refractivity contribution in [3.05, 3.63) is 22.7 Å². The van der Waals surface area contributed by atoms with Crippen LogP contribution in [0.15, 0.2) is 17.0 Å². The Morgan fingerprint density at radius 1 is 1.47 bits per heavy atom. The normalized spacial score (nSPS) is 16.3. The lowest BCUT2D eigenvalue weighted by atomic mass is 10.2. The monoisotopic (exact) mass is 301 g/mol. The number of hydrogen-bond donors (Lipinski definition) is 1. The van der Waals surface area contributed by atoms with Crippen LogP contribution in [0.5, 0.6) is 0 Å². The summed E-state index contributed by atoms with van der Waals surface area (Å²) in [4.78, 5) is 12.6. The lowest BCUT2D eigenvalue weighted by Gasteiger charge is -2.23. The molecule has 0 amide bonds. The number of ether oxygens (including phenoxy) is 2. The summed E-state index contributed by atoms with van der Waals surface area (Å²) in [6.07, 6.45) is 1.90. The first-order chi connectivity index (χ1) is 9.11. The number of thioether (sulfide) groups is 1. The number of hydrogen-bond acceptors (Lipinski definition) is 5. The third kappa shape index (κ3) is 3.55. The molecule has 0 aliphatic carbocycles. The van der Waals surface area contributed by atoms with Gasteiger partial charge in [-0.1, -0.05) is 11.6 Å². The highest BCUT2D eigenvalue weighted by molar-refractivity contribution is 8.00. The summed E-state index contributed by atoms with van der Waals surface area (Å²) in [7, 11) is 1.35. The first-order valence-corrected chi connectivity index (χ1v) is 7.29. The molecule has 0 aromatic heterocycles. The summed E-state index contributed by atoms with van der Waals surface area (Å²) < 4.78 is 10.1. The highest BCUT2D eigenvalue weighted by Gasteiger charge is 2.22. The van der Waals surface area contributed by atoms with Crippen LogP contribution in [0.4, 0.5) is 5.69 Å². The zero-order valence-electron chi connectivity index (χ0n) is 10.6. The van der Waals surface area contributed by atoms with Gasteiger partial charge in [-0.15, -0.1) is 11.8 Å². The third-order valence-corrected chi connectivity index (χ3v) is 4.81. The maximum atomic E-state index is 11.8. The zero-order chi connectivity index (χ0) is 13.8. The van der Waals surface area contributed by atoms with Crippen LogP contribution in [0.25, 0.3) is 0 Å². The molecule has 0 spiro atoms. The number of anilines is 1. The van der Waals surface area contributed by atoms with E-state index in [9.17, 15) is 4.79 Å². The van der Waals surface area contributed by atoms with Crippen molar-refractivity contribution < 1.29 is 14.3 Å². The molecule has 0 saturated carbocycles. The molecule has 4 nitrogen and oxygen atoms in total. The molecule has 104 valence electrons. The molecule has 0 atom stereocenters. The fraction of sp³-hybridized carbons (Fsp3) is 0.462. The summed E-state index contributed by atoms with van der Waals surface area (Å²) in [5.41, 5.74) is 6.63. The van der Waals surface area contributed by atoms with Gasteiger partial charge in [0.25, 0.3) is 0 Å². The van der Waals surface area contributed by atoms with Gasteiger partial charge in [-0.3, -0.25) is 0 Å². The highest BCUT2D eigenvalue weighted by Crippen LogP contribution is 2.38. The van der Waals surface area contributed by atoms with Crippen molar-refractivity contribution in [1.82, 2.24) is 0 Å². The van der Waals surface area contributed by atoms with Crippen molar-refractivity contribution in [2.24, 2.45) is 0 Å². The molecule has 1 aliphatic rings. The largest absolute Gasteiger partial charge is 0.465 e. The summed E-state index contributed by atoms with van der Waals surface area (Å²) in [6, 6.07) is 3.27. The second kappa shape index (κ2) is 6.50. The Kier molecular flexibility index (Phi) is 4.96. The lowest BCUT2D eigenvalue weighted by Crippen LogP contribution is -2.18.